The maximum absolute atomic E-state index is 13.8. The molecule has 1 aliphatic rings. The number of anilines is 1. The number of carbonyl (C=O) groups is 1. The number of pyridine rings is 1. The van der Waals surface area contributed by atoms with E-state index in [4.69, 9.17) is 0 Å². The fourth-order valence-corrected chi connectivity index (χ4v) is 4.15. The Morgan fingerprint density at radius 1 is 1.24 bits per heavy atom. The monoisotopic (exact) mass is 478 g/mol. The van der Waals surface area contributed by atoms with Crippen molar-refractivity contribution in [2.24, 2.45) is 5.92 Å². The topological polar surface area (TPSA) is 96.0 Å². The summed E-state index contributed by atoms with van der Waals surface area (Å²) in [5.41, 5.74) is -1.47. The third kappa shape index (κ3) is 4.83. The molecule has 1 fully saturated rings. The van der Waals surface area contributed by atoms with Crippen molar-refractivity contribution in [3.05, 3.63) is 52.9 Å². The van der Waals surface area contributed by atoms with E-state index >= 15 is 0 Å². The molecule has 3 heterocycles. The predicted octanol–water partition coefficient (Wildman–Crippen LogP) is 4.94. The van der Waals surface area contributed by atoms with Gasteiger partial charge in [0.25, 0.3) is 5.91 Å². The van der Waals surface area contributed by atoms with Gasteiger partial charge in [0.05, 0.1) is 17.6 Å². The van der Waals surface area contributed by atoms with Gasteiger partial charge in [-0.3, -0.25) is 14.2 Å². The Morgan fingerprint density at radius 2 is 1.94 bits per heavy atom. The molecule has 3 aromatic rings. The Labute approximate surface area is 190 Å². The highest BCUT2D eigenvalue weighted by molar-refractivity contribution is 6.04. The first-order valence-corrected chi connectivity index (χ1v) is 10.5. The molecule has 0 unspecified atom stereocenters. The Kier molecular flexibility index (Phi) is 5.97. The van der Waals surface area contributed by atoms with Crippen LogP contribution < -0.4 is 5.32 Å². The molecule has 1 N–H and O–H groups in total. The highest BCUT2D eigenvalue weighted by Gasteiger charge is 2.41. The van der Waals surface area contributed by atoms with Crippen molar-refractivity contribution in [1.29, 1.82) is 5.26 Å². The lowest BCUT2D eigenvalue weighted by molar-refractivity contribution is -0.141. The van der Waals surface area contributed by atoms with E-state index in [-0.39, 0.29) is 47.7 Å². The number of aryl methyl sites for hydroxylation is 1. The minimum atomic E-state index is -4.83. The second-order valence-electron chi connectivity index (χ2n) is 8.34. The van der Waals surface area contributed by atoms with Crippen LogP contribution >= 0.6 is 0 Å². The zero-order valence-corrected chi connectivity index (χ0v) is 18.0. The quantitative estimate of drug-likeness (QED) is 0.536. The highest BCUT2D eigenvalue weighted by atomic mass is 19.4. The van der Waals surface area contributed by atoms with E-state index < -0.39 is 42.5 Å². The van der Waals surface area contributed by atoms with Crippen molar-refractivity contribution < 1.29 is 26.7 Å². The molecule has 1 saturated carbocycles. The minimum absolute atomic E-state index is 0.0669. The number of hydrogen-bond acceptors (Lipinski definition) is 5. The smallest absolute Gasteiger partial charge is 0.305 e. The van der Waals surface area contributed by atoms with Crippen LogP contribution in [0.15, 0.2) is 24.5 Å². The highest BCUT2D eigenvalue weighted by Crippen LogP contribution is 2.40. The number of nitrogens with zero attached hydrogens (tertiary/aromatic N) is 5. The molecule has 3 aromatic heterocycles. The second kappa shape index (κ2) is 8.62. The molecule has 0 atom stereocenters. The standard InChI is InChI=1S/C22H19F5N6O/c1-12-10-29-11-17(30-12)31-20(34)14-7-15(9-28)33-16(6-13-2-4-21(23,24)5-3-13)19(22(25,26)27)32-18(33)8-14/h7-8,10-11,13H,2-6H2,1H3,(H,30,31,34). The first-order chi connectivity index (χ1) is 16.0. The molecule has 0 radical (unpaired) electrons. The SMILES string of the molecule is Cc1cncc(NC(=O)c2cc(C#N)n3c(CC4CCC(F)(F)CC4)c(C(F)(F)F)nc3c2)n1. The number of amides is 1. The Morgan fingerprint density at radius 3 is 2.56 bits per heavy atom. The zero-order valence-electron chi connectivity index (χ0n) is 18.0. The summed E-state index contributed by atoms with van der Waals surface area (Å²) >= 11 is 0. The predicted molar refractivity (Wildman–Crippen MR) is 110 cm³/mol. The summed E-state index contributed by atoms with van der Waals surface area (Å²) in [5.74, 6) is -3.79. The number of imidazole rings is 1. The summed E-state index contributed by atoms with van der Waals surface area (Å²) < 4.78 is 69.5. The lowest BCUT2D eigenvalue weighted by Gasteiger charge is -2.28. The van der Waals surface area contributed by atoms with Gasteiger partial charge < -0.3 is 5.32 Å². The molecule has 0 spiro atoms. The summed E-state index contributed by atoms with van der Waals surface area (Å²) in [6, 6.07) is 4.13. The number of rotatable bonds is 4. The van der Waals surface area contributed by atoms with Crippen LogP contribution in [0.2, 0.25) is 0 Å². The van der Waals surface area contributed by atoms with Gasteiger partial charge in [-0.1, -0.05) is 0 Å². The summed E-state index contributed by atoms with van der Waals surface area (Å²) in [6.07, 6.45) is -2.86. The van der Waals surface area contributed by atoms with Crippen LogP contribution in [0.1, 0.15) is 58.8 Å². The third-order valence-electron chi connectivity index (χ3n) is 5.78. The summed E-state index contributed by atoms with van der Waals surface area (Å²) in [4.78, 5) is 24.4. The average Bonchev–Trinajstić information content (AvgIpc) is 3.13. The van der Waals surface area contributed by atoms with Crippen LogP contribution in [0.3, 0.4) is 0 Å². The fourth-order valence-electron chi connectivity index (χ4n) is 4.15. The van der Waals surface area contributed by atoms with Crippen LogP contribution in [0.5, 0.6) is 0 Å². The Balaban J connectivity index is 1.74. The second-order valence-corrected chi connectivity index (χ2v) is 8.34. The van der Waals surface area contributed by atoms with Gasteiger partial charge >= 0.3 is 6.18 Å². The Bertz CT molecular complexity index is 1280. The average molecular weight is 478 g/mol. The molecule has 1 aliphatic carbocycles. The molecule has 34 heavy (non-hydrogen) atoms. The molecule has 178 valence electrons. The molecule has 0 aromatic carbocycles. The van der Waals surface area contributed by atoms with Crippen LogP contribution in [-0.4, -0.2) is 31.2 Å². The number of hydrogen-bond donors (Lipinski definition) is 1. The van der Waals surface area contributed by atoms with Crippen LogP contribution in [0.25, 0.3) is 5.65 Å². The number of halogens is 5. The van der Waals surface area contributed by atoms with Gasteiger partial charge in [-0.25, -0.2) is 18.7 Å². The maximum Gasteiger partial charge on any atom is 0.435 e. The number of nitriles is 1. The molecule has 0 bridgehead atoms. The van der Waals surface area contributed by atoms with Gasteiger partial charge in [0.15, 0.2) is 11.5 Å². The van der Waals surface area contributed by atoms with E-state index in [0.717, 1.165) is 16.5 Å². The van der Waals surface area contributed by atoms with Crippen molar-refractivity contribution in [3.8, 4) is 6.07 Å². The van der Waals surface area contributed by atoms with E-state index in [1.807, 2.05) is 6.07 Å². The third-order valence-corrected chi connectivity index (χ3v) is 5.78. The molecular weight excluding hydrogens is 459 g/mol. The lowest BCUT2D eigenvalue weighted by Crippen LogP contribution is -2.26. The van der Waals surface area contributed by atoms with Crippen LogP contribution in [0, 0.1) is 24.2 Å². The van der Waals surface area contributed by atoms with Crippen molar-refractivity contribution in [3.63, 3.8) is 0 Å². The van der Waals surface area contributed by atoms with Crippen molar-refractivity contribution >= 4 is 17.4 Å². The number of nitrogens with one attached hydrogen (secondary N) is 1. The molecule has 12 heteroatoms. The van der Waals surface area contributed by atoms with Crippen molar-refractivity contribution in [1.82, 2.24) is 19.4 Å². The molecular formula is C22H19F5N6O. The van der Waals surface area contributed by atoms with Gasteiger partial charge in [-0.15, -0.1) is 0 Å². The molecule has 0 aliphatic heterocycles. The summed E-state index contributed by atoms with van der Waals surface area (Å²) in [5, 5.41) is 12.1. The van der Waals surface area contributed by atoms with Crippen molar-refractivity contribution in [2.45, 2.75) is 51.1 Å². The van der Waals surface area contributed by atoms with Crippen molar-refractivity contribution in [2.75, 3.05) is 5.32 Å². The zero-order chi connectivity index (χ0) is 24.7. The number of aromatic nitrogens is 4. The largest absolute Gasteiger partial charge is 0.435 e. The van der Waals surface area contributed by atoms with E-state index in [2.05, 4.69) is 20.3 Å². The van der Waals surface area contributed by atoms with Gasteiger partial charge in [-0.05, 0) is 44.2 Å². The van der Waals surface area contributed by atoms with E-state index in [1.54, 1.807) is 6.92 Å². The fraction of sp³-hybridized carbons (Fsp3) is 0.409. The van der Waals surface area contributed by atoms with Gasteiger partial charge in [0.2, 0.25) is 5.92 Å². The molecule has 0 saturated heterocycles. The molecule has 1 amide bonds. The van der Waals surface area contributed by atoms with E-state index in [0.29, 0.717) is 5.69 Å². The maximum atomic E-state index is 13.8. The van der Waals surface area contributed by atoms with Gasteiger partial charge in [0.1, 0.15) is 17.4 Å². The normalized spacial score (nSPS) is 16.4. The Hall–Kier alpha value is -3.62. The van der Waals surface area contributed by atoms with Gasteiger partial charge in [0, 0.05) is 24.6 Å². The van der Waals surface area contributed by atoms with Gasteiger partial charge in [-0.2, -0.15) is 18.4 Å². The lowest BCUT2D eigenvalue weighted by atomic mass is 9.83. The van der Waals surface area contributed by atoms with Crippen LogP contribution in [0.4, 0.5) is 27.8 Å². The minimum Gasteiger partial charge on any atom is -0.305 e. The molecule has 4 rings (SSSR count). The van der Waals surface area contributed by atoms with E-state index in [9.17, 15) is 32.0 Å². The van der Waals surface area contributed by atoms with Crippen LogP contribution in [-0.2, 0) is 12.6 Å². The van der Waals surface area contributed by atoms with E-state index in [1.165, 1.54) is 12.4 Å². The molecule has 7 nitrogen and oxygen atoms in total. The number of fused-ring (bicyclic) bond motifs is 1. The first-order valence-electron chi connectivity index (χ1n) is 10.5. The first kappa shape index (κ1) is 23.5. The number of alkyl halides is 5. The number of carbonyl (C=O) groups excluding carboxylic acids is 1. The summed E-state index contributed by atoms with van der Waals surface area (Å²) in [6.45, 7) is 1.67. The summed E-state index contributed by atoms with van der Waals surface area (Å²) in [7, 11) is 0.